The molecule has 1 heterocycles. The maximum Gasteiger partial charge on any atom is 0.0800 e. The number of rotatable bonds is 4. The second-order valence-electron chi connectivity index (χ2n) is 5.47. The molecule has 2 heteroatoms. The smallest absolute Gasteiger partial charge is 0.0800 e. The van der Waals surface area contributed by atoms with Crippen LogP contribution < -0.4 is 0 Å². The van der Waals surface area contributed by atoms with Gasteiger partial charge in [-0.25, -0.2) is 0 Å². The lowest BCUT2D eigenvalue weighted by Crippen LogP contribution is -2.08. The largest absolute Gasteiger partial charge is 0.388 e. The maximum absolute atomic E-state index is 10.3. The van der Waals surface area contributed by atoms with E-state index < -0.39 is 0 Å². The normalized spacial score (nSPS) is 19.5. The minimum atomic E-state index is -0.234. The zero-order valence-corrected chi connectivity index (χ0v) is 11.9. The van der Waals surface area contributed by atoms with Crippen molar-refractivity contribution in [3.63, 3.8) is 0 Å². The fourth-order valence-corrected chi connectivity index (χ4v) is 3.99. The molecule has 96 valence electrons. The molecule has 1 N–H and O–H groups in total. The second-order valence-corrected chi connectivity index (χ2v) is 6.93. The molecule has 0 radical (unpaired) electrons. The monoisotopic (exact) mass is 252 g/mol. The van der Waals surface area contributed by atoms with Crippen LogP contribution in [0.25, 0.3) is 0 Å². The lowest BCUT2D eigenvalue weighted by atomic mass is 9.85. The highest BCUT2D eigenvalue weighted by Gasteiger charge is 2.17. The van der Waals surface area contributed by atoms with Crippen LogP contribution in [0.3, 0.4) is 0 Å². The molecule has 1 atom stereocenters. The Kier molecular flexibility index (Phi) is 4.63. The lowest BCUT2D eigenvalue weighted by Gasteiger charge is -2.22. The van der Waals surface area contributed by atoms with E-state index in [2.05, 4.69) is 19.9 Å². The van der Waals surface area contributed by atoms with Crippen LogP contribution in [0.1, 0.15) is 66.4 Å². The molecule has 0 aromatic carbocycles. The van der Waals surface area contributed by atoms with Gasteiger partial charge in [0.05, 0.1) is 6.10 Å². The fraction of sp³-hybridized carbons (Fsp3) is 0.733. The average molecular weight is 252 g/mol. The van der Waals surface area contributed by atoms with Crippen LogP contribution in [0.15, 0.2) is 6.07 Å². The first-order chi connectivity index (χ1) is 8.16. The van der Waals surface area contributed by atoms with Crippen molar-refractivity contribution in [1.82, 2.24) is 0 Å². The third-order valence-electron chi connectivity index (χ3n) is 4.01. The number of aliphatic hydroxyl groups is 1. The molecular weight excluding hydrogens is 228 g/mol. The number of aryl methyl sites for hydroxylation is 2. The molecule has 1 aliphatic rings. The maximum atomic E-state index is 10.3. The highest BCUT2D eigenvalue weighted by molar-refractivity contribution is 7.12. The molecule has 0 spiro atoms. The van der Waals surface area contributed by atoms with Crippen molar-refractivity contribution in [3.8, 4) is 0 Å². The first-order valence-corrected chi connectivity index (χ1v) is 7.73. The molecule has 1 aliphatic carbocycles. The molecule has 1 unspecified atom stereocenters. The summed E-state index contributed by atoms with van der Waals surface area (Å²) in [6.45, 7) is 4.24. The Morgan fingerprint density at radius 2 is 2.00 bits per heavy atom. The molecule has 1 saturated carbocycles. The highest BCUT2D eigenvalue weighted by atomic mass is 32.1. The summed E-state index contributed by atoms with van der Waals surface area (Å²) in [5.41, 5.74) is 1.17. The Labute approximate surface area is 109 Å². The van der Waals surface area contributed by atoms with Gasteiger partial charge in [0.1, 0.15) is 0 Å². The Morgan fingerprint density at radius 1 is 1.29 bits per heavy atom. The van der Waals surface area contributed by atoms with Crippen LogP contribution in [0.2, 0.25) is 0 Å². The van der Waals surface area contributed by atoms with E-state index in [-0.39, 0.29) is 6.10 Å². The molecule has 2 rings (SSSR count). The average Bonchev–Trinajstić information content (AvgIpc) is 2.67. The van der Waals surface area contributed by atoms with Crippen LogP contribution in [0.4, 0.5) is 0 Å². The molecule has 1 nitrogen and oxygen atoms in total. The third-order valence-corrected chi connectivity index (χ3v) is 4.99. The summed E-state index contributed by atoms with van der Waals surface area (Å²) in [5.74, 6) is 0.874. The van der Waals surface area contributed by atoms with E-state index in [1.807, 2.05) is 0 Å². The van der Waals surface area contributed by atoms with E-state index in [1.165, 1.54) is 53.8 Å². The first-order valence-electron chi connectivity index (χ1n) is 6.92. The predicted molar refractivity (Wildman–Crippen MR) is 74.6 cm³/mol. The van der Waals surface area contributed by atoms with Crippen molar-refractivity contribution in [2.75, 3.05) is 0 Å². The second kappa shape index (κ2) is 6.01. The Balaban J connectivity index is 1.84. The van der Waals surface area contributed by atoms with Crippen molar-refractivity contribution in [2.24, 2.45) is 5.92 Å². The van der Waals surface area contributed by atoms with Crippen molar-refractivity contribution in [2.45, 2.75) is 64.9 Å². The summed E-state index contributed by atoms with van der Waals surface area (Å²) >= 11 is 1.80. The zero-order chi connectivity index (χ0) is 12.3. The van der Waals surface area contributed by atoms with E-state index in [0.29, 0.717) is 0 Å². The Bertz CT molecular complexity index is 350. The minimum Gasteiger partial charge on any atom is -0.388 e. The number of hydrogen-bond acceptors (Lipinski definition) is 2. The summed E-state index contributed by atoms with van der Waals surface area (Å²) in [4.78, 5) is 2.60. The Hall–Kier alpha value is -0.340. The number of aliphatic hydroxyl groups excluding tert-OH is 1. The fourth-order valence-electron chi connectivity index (χ4n) is 3.01. The summed E-state index contributed by atoms with van der Waals surface area (Å²) in [5, 5.41) is 10.3. The van der Waals surface area contributed by atoms with Crippen molar-refractivity contribution in [3.05, 3.63) is 21.4 Å². The molecule has 1 fully saturated rings. The van der Waals surface area contributed by atoms with Crippen LogP contribution in [-0.4, -0.2) is 5.11 Å². The van der Waals surface area contributed by atoms with E-state index in [1.54, 1.807) is 11.3 Å². The summed E-state index contributed by atoms with van der Waals surface area (Å²) in [7, 11) is 0. The van der Waals surface area contributed by atoms with Crippen molar-refractivity contribution in [1.29, 1.82) is 0 Å². The van der Waals surface area contributed by atoms with E-state index >= 15 is 0 Å². The Morgan fingerprint density at radius 3 is 2.59 bits per heavy atom. The van der Waals surface area contributed by atoms with Gasteiger partial charge in [-0.3, -0.25) is 0 Å². The van der Waals surface area contributed by atoms with Gasteiger partial charge < -0.3 is 5.11 Å². The van der Waals surface area contributed by atoms with Gasteiger partial charge in [0.2, 0.25) is 0 Å². The van der Waals surface area contributed by atoms with Gasteiger partial charge in [-0.15, -0.1) is 11.3 Å². The van der Waals surface area contributed by atoms with E-state index in [9.17, 15) is 5.11 Å². The molecule has 17 heavy (non-hydrogen) atoms. The standard InChI is InChI=1S/C15H24OS/c1-11-10-14(12(2)17-11)15(16)9-8-13-6-4-3-5-7-13/h10,13,15-16H,3-9H2,1-2H3. The number of hydrogen-bond donors (Lipinski definition) is 1. The highest BCUT2D eigenvalue weighted by Crippen LogP contribution is 2.33. The molecule has 0 bridgehead atoms. The van der Waals surface area contributed by atoms with Gasteiger partial charge in [-0.05, 0) is 44.2 Å². The number of thiophene rings is 1. The van der Waals surface area contributed by atoms with Gasteiger partial charge in [0, 0.05) is 9.75 Å². The summed E-state index contributed by atoms with van der Waals surface area (Å²) in [6.07, 6.45) is 8.90. The van der Waals surface area contributed by atoms with Gasteiger partial charge in [-0.2, -0.15) is 0 Å². The van der Waals surface area contributed by atoms with Crippen LogP contribution in [0, 0.1) is 19.8 Å². The van der Waals surface area contributed by atoms with Gasteiger partial charge >= 0.3 is 0 Å². The van der Waals surface area contributed by atoms with Crippen LogP contribution in [0.5, 0.6) is 0 Å². The van der Waals surface area contributed by atoms with E-state index in [4.69, 9.17) is 0 Å². The lowest BCUT2D eigenvalue weighted by molar-refractivity contribution is 0.151. The summed E-state index contributed by atoms with van der Waals surface area (Å²) in [6, 6.07) is 2.16. The molecule has 0 saturated heterocycles. The molecule has 0 aliphatic heterocycles. The molecule has 1 aromatic rings. The molecule has 0 amide bonds. The topological polar surface area (TPSA) is 20.2 Å². The van der Waals surface area contributed by atoms with Crippen LogP contribution >= 0.6 is 11.3 Å². The van der Waals surface area contributed by atoms with Crippen molar-refractivity contribution >= 4 is 11.3 Å². The van der Waals surface area contributed by atoms with Crippen molar-refractivity contribution < 1.29 is 5.11 Å². The quantitative estimate of drug-likeness (QED) is 0.819. The van der Waals surface area contributed by atoms with Gasteiger partial charge in [0.15, 0.2) is 0 Å². The molecule has 1 aromatic heterocycles. The van der Waals surface area contributed by atoms with Gasteiger partial charge in [0.25, 0.3) is 0 Å². The van der Waals surface area contributed by atoms with E-state index in [0.717, 1.165) is 12.3 Å². The zero-order valence-electron chi connectivity index (χ0n) is 11.0. The molecular formula is C15H24OS. The minimum absolute atomic E-state index is 0.234. The SMILES string of the molecule is Cc1cc(C(O)CCC2CCCCC2)c(C)s1. The van der Waals surface area contributed by atoms with Gasteiger partial charge in [-0.1, -0.05) is 32.1 Å². The third kappa shape index (κ3) is 3.56. The predicted octanol–water partition coefficient (Wildman–Crippen LogP) is 4.76. The first kappa shape index (κ1) is 13.1. The summed E-state index contributed by atoms with van der Waals surface area (Å²) < 4.78 is 0. The van der Waals surface area contributed by atoms with Crippen LogP contribution in [-0.2, 0) is 0 Å².